The third-order valence-electron chi connectivity index (χ3n) is 3.82. The Kier molecular flexibility index (Phi) is 8.05. The summed E-state index contributed by atoms with van der Waals surface area (Å²) in [6, 6.07) is 13.9. The summed E-state index contributed by atoms with van der Waals surface area (Å²) in [7, 11) is 4.51. The van der Waals surface area contributed by atoms with Crippen LogP contribution in [0.25, 0.3) is 0 Å². The van der Waals surface area contributed by atoms with Gasteiger partial charge in [-0.25, -0.2) is 4.79 Å². The summed E-state index contributed by atoms with van der Waals surface area (Å²) in [5, 5.41) is 9.41. The average Bonchev–Trinajstić information content (AvgIpc) is 2.75. The minimum Gasteiger partial charge on any atom is -0.482 e. The van der Waals surface area contributed by atoms with Gasteiger partial charge in [0.2, 0.25) is 11.8 Å². The van der Waals surface area contributed by atoms with Crippen LogP contribution >= 0.6 is 15.9 Å². The summed E-state index contributed by atoms with van der Waals surface area (Å²) < 4.78 is 17.6. The molecule has 29 heavy (non-hydrogen) atoms. The van der Waals surface area contributed by atoms with Crippen LogP contribution < -0.4 is 15.4 Å². The van der Waals surface area contributed by atoms with Crippen molar-refractivity contribution in [1.82, 2.24) is 0 Å². The number of ether oxygens (including phenoxy) is 3. The van der Waals surface area contributed by atoms with E-state index in [1.165, 1.54) is 27.3 Å². The number of aliphatic imine (C=N–C) groups is 1. The summed E-state index contributed by atoms with van der Waals surface area (Å²) >= 11 is 3.41. The van der Waals surface area contributed by atoms with E-state index in [0.29, 0.717) is 11.8 Å². The van der Waals surface area contributed by atoms with Gasteiger partial charge < -0.3 is 25.1 Å². The molecule has 3 rings (SSSR count). The molecule has 0 aromatic heterocycles. The molecule has 3 N–H and O–H groups in total. The van der Waals surface area contributed by atoms with Crippen molar-refractivity contribution in [3.8, 4) is 5.75 Å². The summed E-state index contributed by atoms with van der Waals surface area (Å²) in [4.78, 5) is 17.6. The fourth-order valence-corrected chi connectivity index (χ4v) is 2.82. The molecule has 1 aliphatic rings. The zero-order valence-electron chi connectivity index (χ0n) is 16.2. The van der Waals surface area contributed by atoms with Gasteiger partial charge in [-0.05, 0) is 43.4 Å². The number of hydrogen-bond acceptors (Lipinski definition) is 7. The number of anilines is 1. The number of methoxy groups -OCH3 is 2. The fourth-order valence-electron chi connectivity index (χ4n) is 2.55. The highest BCUT2D eigenvalue weighted by atomic mass is 79.9. The number of carbonyl (C=O) groups is 1. The van der Waals surface area contributed by atoms with Crippen LogP contribution in [-0.4, -0.2) is 44.6 Å². The predicted octanol–water partition coefficient (Wildman–Crippen LogP) is 3.44. The van der Waals surface area contributed by atoms with E-state index in [1.807, 2.05) is 24.3 Å². The molecule has 2 aromatic rings. The Balaban J connectivity index is 0.00000145. The van der Waals surface area contributed by atoms with Crippen molar-refractivity contribution >= 4 is 33.5 Å². The van der Waals surface area contributed by atoms with Gasteiger partial charge in [-0.1, -0.05) is 28.1 Å². The first-order valence-corrected chi connectivity index (χ1v) is 9.31. The SMILES string of the molecule is CN.COC1=CC(OC)=NC(Oc2ccccc2C(=O)O)N1c1ccc(Br)cc1. The smallest absolute Gasteiger partial charge is 0.339 e. The number of nitrogens with two attached hydrogens (primary N) is 1. The monoisotopic (exact) mass is 463 g/mol. The molecule has 0 saturated heterocycles. The molecule has 1 heterocycles. The molecule has 0 saturated carbocycles. The second-order valence-electron chi connectivity index (χ2n) is 5.45. The Bertz CT molecular complexity index is 899. The molecule has 0 amide bonds. The van der Waals surface area contributed by atoms with Crippen LogP contribution in [0.3, 0.4) is 0 Å². The van der Waals surface area contributed by atoms with Gasteiger partial charge in [-0.15, -0.1) is 0 Å². The molecule has 0 aliphatic carbocycles. The van der Waals surface area contributed by atoms with Crippen LogP contribution in [0, 0.1) is 0 Å². The predicted molar refractivity (Wildman–Crippen MR) is 114 cm³/mol. The molecule has 0 spiro atoms. The number of carboxylic acids is 1. The molecule has 9 heteroatoms. The Morgan fingerprint density at radius 3 is 2.34 bits per heavy atom. The van der Waals surface area contributed by atoms with Crippen molar-refractivity contribution in [2.24, 2.45) is 10.7 Å². The summed E-state index contributed by atoms with van der Waals surface area (Å²) in [5.74, 6) is -0.149. The van der Waals surface area contributed by atoms with Gasteiger partial charge in [0, 0.05) is 10.2 Å². The molecular weight excluding hydrogens is 442 g/mol. The molecular formula is C20H22BrN3O5. The van der Waals surface area contributed by atoms with Gasteiger partial charge in [-0.2, -0.15) is 4.99 Å². The highest BCUT2D eigenvalue weighted by Gasteiger charge is 2.30. The Hall–Kier alpha value is -3.04. The van der Waals surface area contributed by atoms with Crippen molar-refractivity contribution in [1.29, 1.82) is 0 Å². The van der Waals surface area contributed by atoms with Crippen LogP contribution in [0.5, 0.6) is 5.75 Å². The molecule has 154 valence electrons. The number of nitrogens with zero attached hydrogens (tertiary/aromatic N) is 2. The van der Waals surface area contributed by atoms with Gasteiger partial charge in [0.15, 0.2) is 0 Å². The van der Waals surface area contributed by atoms with Crippen LogP contribution in [0.2, 0.25) is 0 Å². The van der Waals surface area contributed by atoms with Crippen molar-refractivity contribution < 1.29 is 24.1 Å². The zero-order chi connectivity index (χ0) is 21.4. The minimum absolute atomic E-state index is 0.0379. The molecule has 1 aliphatic heterocycles. The second kappa shape index (κ2) is 10.5. The van der Waals surface area contributed by atoms with Gasteiger partial charge in [0.1, 0.15) is 11.3 Å². The molecule has 0 radical (unpaired) electrons. The molecule has 0 bridgehead atoms. The topological polar surface area (TPSA) is 107 Å². The third kappa shape index (κ3) is 5.27. The van der Waals surface area contributed by atoms with Crippen LogP contribution in [0.4, 0.5) is 5.69 Å². The zero-order valence-corrected chi connectivity index (χ0v) is 17.8. The van der Waals surface area contributed by atoms with Crippen LogP contribution in [0.1, 0.15) is 10.4 Å². The first-order valence-electron chi connectivity index (χ1n) is 8.52. The summed E-state index contributed by atoms with van der Waals surface area (Å²) in [6.07, 6.45) is 0.715. The largest absolute Gasteiger partial charge is 0.482 e. The summed E-state index contributed by atoms with van der Waals surface area (Å²) in [5.41, 5.74) is 5.29. The van der Waals surface area contributed by atoms with Crippen molar-refractivity contribution in [2.75, 3.05) is 26.2 Å². The Morgan fingerprint density at radius 1 is 1.10 bits per heavy atom. The number of hydrogen-bond donors (Lipinski definition) is 2. The first kappa shape index (κ1) is 22.3. The molecule has 8 nitrogen and oxygen atoms in total. The third-order valence-corrected chi connectivity index (χ3v) is 4.34. The number of para-hydroxylation sites is 1. The van der Waals surface area contributed by atoms with E-state index in [1.54, 1.807) is 29.2 Å². The number of carboxylic acid groups (broad SMARTS) is 1. The van der Waals surface area contributed by atoms with E-state index in [4.69, 9.17) is 14.2 Å². The normalized spacial score (nSPS) is 15.3. The minimum atomic E-state index is -1.09. The number of aromatic carboxylic acids is 1. The Morgan fingerprint density at radius 2 is 1.76 bits per heavy atom. The maximum atomic E-state index is 11.5. The second-order valence-corrected chi connectivity index (χ2v) is 6.37. The lowest BCUT2D eigenvalue weighted by molar-refractivity contribution is 0.0688. The number of rotatable bonds is 5. The maximum Gasteiger partial charge on any atom is 0.339 e. The quantitative estimate of drug-likeness (QED) is 0.698. The van der Waals surface area contributed by atoms with E-state index in [-0.39, 0.29) is 11.3 Å². The van der Waals surface area contributed by atoms with Crippen molar-refractivity contribution in [3.05, 3.63) is 70.5 Å². The molecule has 1 unspecified atom stereocenters. The van der Waals surface area contributed by atoms with Gasteiger partial charge >= 0.3 is 5.97 Å². The lowest BCUT2D eigenvalue weighted by Gasteiger charge is -2.34. The maximum absolute atomic E-state index is 11.5. The fraction of sp³-hybridized carbons (Fsp3) is 0.200. The van der Waals surface area contributed by atoms with Gasteiger partial charge in [0.25, 0.3) is 6.35 Å². The van der Waals surface area contributed by atoms with Crippen molar-refractivity contribution in [3.63, 3.8) is 0 Å². The van der Waals surface area contributed by atoms with E-state index in [0.717, 1.165) is 10.2 Å². The standard InChI is InChI=1S/C19H17BrN2O5.CH5N/c1-25-16-11-17(26-2)22(13-9-7-12(20)8-10-13)19(21-16)27-15-6-4-3-5-14(15)18(23)24;1-2/h3-11,19H,1-2H3,(H,23,24);2H2,1H3. The van der Waals surface area contributed by atoms with Gasteiger partial charge in [-0.3, -0.25) is 4.90 Å². The van der Waals surface area contributed by atoms with Crippen LogP contribution in [0.15, 0.2) is 70.0 Å². The van der Waals surface area contributed by atoms with Gasteiger partial charge in [0.05, 0.1) is 20.3 Å². The lowest BCUT2D eigenvalue weighted by atomic mass is 10.2. The Labute approximate surface area is 177 Å². The molecule has 0 fully saturated rings. The van der Waals surface area contributed by atoms with E-state index in [2.05, 4.69) is 26.7 Å². The average molecular weight is 464 g/mol. The van der Waals surface area contributed by atoms with Crippen LogP contribution in [-0.2, 0) is 9.47 Å². The molecule has 1 atom stereocenters. The van der Waals surface area contributed by atoms with E-state index < -0.39 is 12.3 Å². The van der Waals surface area contributed by atoms with Crippen molar-refractivity contribution in [2.45, 2.75) is 6.35 Å². The van der Waals surface area contributed by atoms with E-state index >= 15 is 0 Å². The first-order chi connectivity index (χ1) is 14.0. The molecule has 2 aromatic carbocycles. The summed E-state index contributed by atoms with van der Waals surface area (Å²) in [6.45, 7) is 0. The highest BCUT2D eigenvalue weighted by Crippen LogP contribution is 2.30. The van der Waals surface area contributed by atoms with E-state index in [9.17, 15) is 9.90 Å². The number of halogens is 1. The highest BCUT2D eigenvalue weighted by molar-refractivity contribution is 9.10. The number of benzene rings is 2. The lowest BCUT2D eigenvalue weighted by Crippen LogP contribution is -2.42.